The molecule has 3 heteroatoms. The average molecular weight is 375 g/mol. The van der Waals surface area contributed by atoms with E-state index >= 15 is 0 Å². The molecule has 0 aliphatic rings. The molecule has 0 aliphatic heterocycles. The number of ether oxygens (including phenoxy) is 1. The van der Waals surface area contributed by atoms with Crippen LogP contribution in [0, 0.1) is 0 Å². The van der Waals surface area contributed by atoms with Crippen LogP contribution < -0.4 is 15.0 Å². The minimum atomic E-state index is 0.680. The van der Waals surface area contributed by atoms with Crippen molar-refractivity contribution in [2.45, 2.75) is 26.8 Å². The van der Waals surface area contributed by atoms with Gasteiger partial charge in [0.1, 0.15) is 5.75 Å². The van der Waals surface area contributed by atoms with Crippen LogP contribution in [0.1, 0.15) is 25.0 Å². The fourth-order valence-corrected chi connectivity index (χ4v) is 3.29. The SMILES string of the molecule is CCN(CC)c1ccc(NCc2ccccc2OCCc2ccccc2)cc1. The van der Waals surface area contributed by atoms with E-state index in [0.29, 0.717) is 6.61 Å². The molecule has 0 atom stereocenters. The lowest BCUT2D eigenvalue weighted by atomic mass is 10.1. The number of nitrogens with zero attached hydrogens (tertiary/aromatic N) is 1. The highest BCUT2D eigenvalue weighted by molar-refractivity contribution is 5.55. The molecule has 3 aromatic rings. The normalized spacial score (nSPS) is 10.5. The van der Waals surface area contributed by atoms with Gasteiger partial charge in [0.25, 0.3) is 0 Å². The van der Waals surface area contributed by atoms with Gasteiger partial charge in [-0.3, -0.25) is 0 Å². The van der Waals surface area contributed by atoms with Gasteiger partial charge < -0.3 is 15.0 Å². The van der Waals surface area contributed by atoms with E-state index in [1.807, 2.05) is 18.2 Å². The molecule has 0 saturated heterocycles. The van der Waals surface area contributed by atoms with Crippen LogP contribution in [0.15, 0.2) is 78.9 Å². The summed E-state index contributed by atoms with van der Waals surface area (Å²) in [7, 11) is 0. The Kier molecular flexibility index (Phi) is 7.36. The fourth-order valence-electron chi connectivity index (χ4n) is 3.29. The molecule has 0 unspecified atom stereocenters. The lowest BCUT2D eigenvalue weighted by Gasteiger charge is -2.21. The van der Waals surface area contributed by atoms with Crippen LogP contribution in [0.3, 0.4) is 0 Å². The topological polar surface area (TPSA) is 24.5 Å². The van der Waals surface area contributed by atoms with Crippen molar-refractivity contribution in [2.24, 2.45) is 0 Å². The van der Waals surface area contributed by atoms with Crippen LogP contribution in [0.5, 0.6) is 5.75 Å². The quantitative estimate of drug-likeness (QED) is 0.488. The summed E-state index contributed by atoms with van der Waals surface area (Å²) in [4.78, 5) is 2.35. The summed E-state index contributed by atoms with van der Waals surface area (Å²) >= 11 is 0. The van der Waals surface area contributed by atoms with Crippen molar-refractivity contribution >= 4 is 11.4 Å². The van der Waals surface area contributed by atoms with Gasteiger partial charge in [0, 0.05) is 43.0 Å². The van der Waals surface area contributed by atoms with E-state index in [4.69, 9.17) is 4.74 Å². The van der Waals surface area contributed by atoms with E-state index in [9.17, 15) is 0 Å². The standard InChI is InChI=1S/C25H30N2O/c1-3-27(4-2)24-16-14-23(15-17-24)26-20-22-12-8-9-13-25(22)28-19-18-21-10-6-5-7-11-21/h5-17,26H,3-4,18-20H2,1-2H3. The Labute approximate surface area is 169 Å². The van der Waals surface area contributed by atoms with Gasteiger partial charge in [0.2, 0.25) is 0 Å². The Morgan fingerprint density at radius 1 is 0.786 bits per heavy atom. The molecule has 3 nitrogen and oxygen atoms in total. The molecular weight excluding hydrogens is 344 g/mol. The summed E-state index contributed by atoms with van der Waals surface area (Å²) in [6, 6.07) is 27.4. The molecule has 0 heterocycles. The zero-order valence-electron chi connectivity index (χ0n) is 16.9. The Balaban J connectivity index is 1.56. The van der Waals surface area contributed by atoms with Gasteiger partial charge in [-0.25, -0.2) is 0 Å². The predicted molar refractivity (Wildman–Crippen MR) is 119 cm³/mol. The third-order valence-corrected chi connectivity index (χ3v) is 4.94. The maximum Gasteiger partial charge on any atom is 0.124 e. The summed E-state index contributed by atoms with van der Waals surface area (Å²) in [6.45, 7) is 7.84. The van der Waals surface area contributed by atoms with Crippen molar-refractivity contribution < 1.29 is 4.74 Å². The van der Waals surface area contributed by atoms with Crippen molar-refractivity contribution in [3.8, 4) is 5.75 Å². The highest BCUT2D eigenvalue weighted by atomic mass is 16.5. The molecule has 0 amide bonds. The van der Waals surface area contributed by atoms with E-state index in [0.717, 1.165) is 37.5 Å². The average Bonchev–Trinajstić information content (AvgIpc) is 2.75. The van der Waals surface area contributed by atoms with Crippen molar-refractivity contribution in [2.75, 3.05) is 29.9 Å². The zero-order valence-corrected chi connectivity index (χ0v) is 16.9. The number of benzene rings is 3. The smallest absolute Gasteiger partial charge is 0.124 e. The second-order valence-electron chi connectivity index (χ2n) is 6.76. The number of para-hydroxylation sites is 1. The first kappa shape index (κ1) is 19.8. The largest absolute Gasteiger partial charge is 0.493 e. The van der Waals surface area contributed by atoms with Gasteiger partial charge in [-0.15, -0.1) is 0 Å². The summed E-state index contributed by atoms with van der Waals surface area (Å²) in [5.41, 5.74) is 4.85. The Bertz CT molecular complexity index is 827. The van der Waals surface area contributed by atoms with Gasteiger partial charge in [-0.2, -0.15) is 0 Å². The number of hydrogen-bond acceptors (Lipinski definition) is 3. The minimum absolute atomic E-state index is 0.680. The van der Waals surface area contributed by atoms with E-state index in [2.05, 4.69) is 84.7 Å². The molecular formula is C25H30N2O. The molecule has 1 N–H and O–H groups in total. The van der Waals surface area contributed by atoms with E-state index < -0.39 is 0 Å². The van der Waals surface area contributed by atoms with E-state index in [-0.39, 0.29) is 0 Å². The van der Waals surface area contributed by atoms with Crippen molar-refractivity contribution in [1.82, 2.24) is 0 Å². The first-order chi connectivity index (χ1) is 13.8. The Morgan fingerprint density at radius 2 is 1.46 bits per heavy atom. The minimum Gasteiger partial charge on any atom is -0.493 e. The summed E-state index contributed by atoms with van der Waals surface area (Å²) in [6.07, 6.45) is 0.912. The molecule has 0 fully saturated rings. The van der Waals surface area contributed by atoms with E-state index in [1.165, 1.54) is 16.8 Å². The Hall–Kier alpha value is -2.94. The van der Waals surface area contributed by atoms with Crippen LogP contribution >= 0.6 is 0 Å². The van der Waals surface area contributed by atoms with Crippen LogP contribution in [-0.4, -0.2) is 19.7 Å². The number of hydrogen-bond donors (Lipinski definition) is 1. The molecule has 0 aliphatic carbocycles. The van der Waals surface area contributed by atoms with Gasteiger partial charge >= 0.3 is 0 Å². The molecule has 146 valence electrons. The molecule has 3 rings (SSSR count). The molecule has 28 heavy (non-hydrogen) atoms. The zero-order chi connectivity index (χ0) is 19.6. The highest BCUT2D eigenvalue weighted by Gasteiger charge is 2.05. The number of anilines is 2. The summed E-state index contributed by atoms with van der Waals surface area (Å²) in [5, 5.41) is 3.51. The Morgan fingerprint density at radius 3 is 2.18 bits per heavy atom. The molecule has 0 aromatic heterocycles. The van der Waals surface area contributed by atoms with Crippen LogP contribution in [-0.2, 0) is 13.0 Å². The second-order valence-corrected chi connectivity index (χ2v) is 6.76. The second kappa shape index (κ2) is 10.4. The first-order valence-corrected chi connectivity index (χ1v) is 10.1. The predicted octanol–water partition coefficient (Wildman–Crippen LogP) is 5.77. The lowest BCUT2D eigenvalue weighted by Crippen LogP contribution is -2.21. The number of nitrogens with one attached hydrogen (secondary N) is 1. The molecule has 0 saturated carbocycles. The first-order valence-electron chi connectivity index (χ1n) is 10.1. The fraction of sp³-hybridized carbons (Fsp3) is 0.280. The maximum absolute atomic E-state index is 6.06. The van der Waals surface area contributed by atoms with E-state index in [1.54, 1.807) is 0 Å². The molecule has 0 spiro atoms. The third-order valence-electron chi connectivity index (χ3n) is 4.94. The van der Waals surface area contributed by atoms with Crippen LogP contribution in [0.25, 0.3) is 0 Å². The van der Waals surface area contributed by atoms with Gasteiger partial charge in [-0.1, -0.05) is 48.5 Å². The number of rotatable bonds is 10. The van der Waals surface area contributed by atoms with Crippen molar-refractivity contribution in [3.63, 3.8) is 0 Å². The molecule has 3 aromatic carbocycles. The van der Waals surface area contributed by atoms with Crippen molar-refractivity contribution in [3.05, 3.63) is 90.0 Å². The van der Waals surface area contributed by atoms with Crippen LogP contribution in [0.2, 0.25) is 0 Å². The van der Waals surface area contributed by atoms with Crippen LogP contribution in [0.4, 0.5) is 11.4 Å². The highest BCUT2D eigenvalue weighted by Crippen LogP contribution is 2.22. The maximum atomic E-state index is 6.06. The summed E-state index contributed by atoms with van der Waals surface area (Å²) < 4.78 is 6.06. The van der Waals surface area contributed by atoms with Gasteiger partial charge in [0.15, 0.2) is 0 Å². The van der Waals surface area contributed by atoms with Gasteiger partial charge in [-0.05, 0) is 49.7 Å². The molecule has 0 bridgehead atoms. The van der Waals surface area contributed by atoms with Crippen molar-refractivity contribution in [1.29, 1.82) is 0 Å². The van der Waals surface area contributed by atoms with Gasteiger partial charge in [0.05, 0.1) is 6.61 Å². The third kappa shape index (κ3) is 5.53. The monoisotopic (exact) mass is 374 g/mol. The summed E-state index contributed by atoms with van der Waals surface area (Å²) in [5.74, 6) is 0.950. The molecule has 0 radical (unpaired) electrons. The lowest BCUT2D eigenvalue weighted by molar-refractivity contribution is 0.319.